The lowest BCUT2D eigenvalue weighted by Gasteiger charge is -2.32. The van der Waals surface area contributed by atoms with E-state index in [1.54, 1.807) is 11.9 Å². The van der Waals surface area contributed by atoms with E-state index in [2.05, 4.69) is 20.3 Å². The Morgan fingerprint density at radius 3 is 2.88 bits per heavy atom. The van der Waals surface area contributed by atoms with Crippen LogP contribution in [0.3, 0.4) is 0 Å². The largest absolute Gasteiger partial charge is 0.490 e. The fraction of sp³-hybridized carbons (Fsp3) is 0.500. The second-order valence-corrected chi connectivity index (χ2v) is 9.53. The molecular weight excluding hydrogens is 440 g/mol. The number of rotatable bonds is 6. The topological polar surface area (TPSA) is 67.4 Å². The number of hydrogen-bond acceptors (Lipinski definition) is 8. The Balaban J connectivity index is 1.31. The maximum Gasteiger partial charge on any atom is 0.222 e. The van der Waals surface area contributed by atoms with Crippen molar-refractivity contribution < 1.29 is 19.0 Å². The van der Waals surface area contributed by atoms with Crippen molar-refractivity contribution in [2.24, 2.45) is 0 Å². The van der Waals surface area contributed by atoms with E-state index in [1.165, 1.54) is 0 Å². The van der Waals surface area contributed by atoms with Gasteiger partial charge in [0.05, 0.1) is 43.9 Å². The molecule has 1 amide bonds. The molecule has 2 aromatic rings. The molecule has 4 heterocycles. The molecule has 176 valence electrons. The summed E-state index contributed by atoms with van der Waals surface area (Å²) in [6.45, 7) is 8.03. The summed E-state index contributed by atoms with van der Waals surface area (Å²) in [5.41, 5.74) is 2.02. The molecule has 0 spiro atoms. The average Bonchev–Trinajstić information content (AvgIpc) is 3.32. The van der Waals surface area contributed by atoms with Gasteiger partial charge in [0.15, 0.2) is 0 Å². The molecule has 9 heteroatoms. The Kier molecular flexibility index (Phi) is 6.89. The second kappa shape index (κ2) is 10.2. The van der Waals surface area contributed by atoms with Gasteiger partial charge in [0.1, 0.15) is 24.2 Å². The zero-order chi connectivity index (χ0) is 22.6. The molecule has 2 fully saturated rings. The summed E-state index contributed by atoms with van der Waals surface area (Å²) >= 11 is 1.73. The zero-order valence-electron chi connectivity index (χ0n) is 18.9. The summed E-state index contributed by atoms with van der Waals surface area (Å²) in [4.78, 5) is 21.7. The third kappa shape index (κ3) is 5.20. The zero-order valence-corrected chi connectivity index (χ0v) is 19.8. The van der Waals surface area contributed by atoms with E-state index in [0.717, 1.165) is 73.6 Å². The van der Waals surface area contributed by atoms with Gasteiger partial charge in [0, 0.05) is 49.6 Å². The maximum absolute atomic E-state index is 12.0. The second-order valence-electron chi connectivity index (χ2n) is 8.36. The Morgan fingerprint density at radius 1 is 1.15 bits per heavy atom. The van der Waals surface area contributed by atoms with Crippen LogP contribution in [0.2, 0.25) is 0 Å². The van der Waals surface area contributed by atoms with Gasteiger partial charge < -0.3 is 24.0 Å². The van der Waals surface area contributed by atoms with Gasteiger partial charge in [-0.1, -0.05) is 6.92 Å². The van der Waals surface area contributed by atoms with Crippen molar-refractivity contribution in [3.8, 4) is 11.5 Å². The minimum Gasteiger partial charge on any atom is -0.490 e. The fourth-order valence-corrected chi connectivity index (χ4v) is 5.31. The number of hydrogen-bond donors (Lipinski definition) is 0. The quantitative estimate of drug-likeness (QED) is 0.596. The SMILES string of the molecule is CCC(=O)N1CCC(Oc2ccc3c(c2)N(c2cncc(SN4CCOCC4)c2)CCO3)C1. The highest BCUT2D eigenvalue weighted by Crippen LogP contribution is 2.40. The van der Waals surface area contributed by atoms with Crippen LogP contribution in [-0.4, -0.2) is 78.7 Å². The van der Waals surface area contributed by atoms with Crippen molar-refractivity contribution in [1.82, 2.24) is 14.2 Å². The van der Waals surface area contributed by atoms with E-state index in [-0.39, 0.29) is 12.0 Å². The number of ether oxygens (including phenoxy) is 3. The molecule has 0 aliphatic carbocycles. The molecule has 1 unspecified atom stereocenters. The molecule has 5 rings (SSSR count). The first-order valence-electron chi connectivity index (χ1n) is 11.6. The standard InChI is InChI=1S/C24H30N4O4S/c1-2-24(29)26-6-5-20(17-26)32-19-3-4-23-22(14-19)28(9-12-31-23)18-13-21(16-25-15-18)33-27-7-10-30-11-8-27/h3-4,13-16,20H,2,5-12,17H2,1H3. The number of morpholine rings is 1. The van der Waals surface area contributed by atoms with E-state index >= 15 is 0 Å². The van der Waals surface area contributed by atoms with Crippen molar-refractivity contribution >= 4 is 29.2 Å². The number of likely N-dealkylation sites (tertiary alicyclic amines) is 1. The van der Waals surface area contributed by atoms with E-state index in [0.29, 0.717) is 19.6 Å². The fourth-order valence-electron chi connectivity index (χ4n) is 4.40. The molecule has 0 radical (unpaired) electrons. The highest BCUT2D eigenvalue weighted by Gasteiger charge is 2.28. The molecule has 3 aliphatic rings. The van der Waals surface area contributed by atoms with Crippen molar-refractivity contribution in [3.63, 3.8) is 0 Å². The Bertz CT molecular complexity index is 985. The lowest BCUT2D eigenvalue weighted by atomic mass is 10.2. The van der Waals surface area contributed by atoms with Gasteiger partial charge in [0.25, 0.3) is 0 Å². The molecule has 8 nitrogen and oxygen atoms in total. The number of amides is 1. The van der Waals surface area contributed by atoms with E-state index in [9.17, 15) is 4.79 Å². The Morgan fingerprint density at radius 2 is 2.03 bits per heavy atom. The van der Waals surface area contributed by atoms with E-state index < -0.39 is 0 Å². The van der Waals surface area contributed by atoms with Crippen LogP contribution >= 0.6 is 11.9 Å². The van der Waals surface area contributed by atoms with Crippen LogP contribution in [-0.2, 0) is 9.53 Å². The summed E-state index contributed by atoms with van der Waals surface area (Å²) in [6.07, 6.45) is 5.22. The monoisotopic (exact) mass is 470 g/mol. The molecule has 1 aromatic carbocycles. The third-order valence-corrected chi connectivity index (χ3v) is 7.17. The number of aromatic nitrogens is 1. The molecule has 33 heavy (non-hydrogen) atoms. The van der Waals surface area contributed by atoms with Crippen LogP contribution < -0.4 is 14.4 Å². The predicted octanol–water partition coefficient (Wildman–Crippen LogP) is 3.34. The van der Waals surface area contributed by atoms with Crippen molar-refractivity contribution in [1.29, 1.82) is 0 Å². The molecule has 1 atom stereocenters. The molecule has 3 aliphatic heterocycles. The lowest BCUT2D eigenvalue weighted by molar-refractivity contribution is -0.130. The van der Waals surface area contributed by atoms with Crippen molar-refractivity contribution in [2.45, 2.75) is 30.8 Å². The molecule has 1 aromatic heterocycles. The van der Waals surface area contributed by atoms with Crippen LogP contribution in [0.1, 0.15) is 19.8 Å². The number of benzene rings is 1. The lowest BCUT2D eigenvalue weighted by Crippen LogP contribution is -2.31. The number of anilines is 2. The first kappa shape index (κ1) is 22.3. The molecule has 0 saturated carbocycles. The minimum absolute atomic E-state index is 0.0198. The summed E-state index contributed by atoms with van der Waals surface area (Å²) in [5.74, 6) is 1.83. The molecule has 0 bridgehead atoms. The molecule has 0 N–H and O–H groups in total. The van der Waals surface area contributed by atoms with Gasteiger partial charge in [0.2, 0.25) is 5.91 Å². The first-order chi connectivity index (χ1) is 16.2. The highest BCUT2D eigenvalue weighted by atomic mass is 32.2. The van der Waals surface area contributed by atoms with Crippen molar-refractivity contribution in [2.75, 3.05) is 57.4 Å². The van der Waals surface area contributed by atoms with Gasteiger partial charge in [-0.25, -0.2) is 4.31 Å². The number of nitrogens with zero attached hydrogens (tertiary/aromatic N) is 4. The van der Waals surface area contributed by atoms with Crippen LogP contribution in [0, 0.1) is 0 Å². The molecule has 2 saturated heterocycles. The smallest absolute Gasteiger partial charge is 0.222 e. The highest BCUT2D eigenvalue weighted by molar-refractivity contribution is 7.97. The Labute approximate surface area is 198 Å². The van der Waals surface area contributed by atoms with E-state index in [1.807, 2.05) is 42.4 Å². The maximum atomic E-state index is 12.0. The van der Waals surface area contributed by atoms with E-state index in [4.69, 9.17) is 14.2 Å². The van der Waals surface area contributed by atoms with Crippen LogP contribution in [0.25, 0.3) is 0 Å². The summed E-state index contributed by atoms with van der Waals surface area (Å²) in [7, 11) is 0. The van der Waals surface area contributed by atoms with Gasteiger partial charge in [-0.05, 0) is 30.1 Å². The number of fused-ring (bicyclic) bond motifs is 1. The summed E-state index contributed by atoms with van der Waals surface area (Å²) < 4.78 is 19.9. The minimum atomic E-state index is 0.0198. The number of carbonyl (C=O) groups excluding carboxylic acids is 1. The van der Waals surface area contributed by atoms with Gasteiger partial charge in [-0.3, -0.25) is 9.78 Å². The van der Waals surface area contributed by atoms with Gasteiger partial charge in [-0.2, -0.15) is 0 Å². The predicted molar refractivity (Wildman–Crippen MR) is 127 cm³/mol. The van der Waals surface area contributed by atoms with Gasteiger partial charge >= 0.3 is 0 Å². The Hall–Kier alpha value is -2.49. The number of carbonyl (C=O) groups is 1. The summed E-state index contributed by atoms with van der Waals surface area (Å²) in [6, 6.07) is 8.15. The normalized spacial score (nSPS) is 20.9. The first-order valence-corrected chi connectivity index (χ1v) is 12.4. The van der Waals surface area contributed by atoms with Crippen LogP contribution in [0.15, 0.2) is 41.6 Å². The average molecular weight is 471 g/mol. The van der Waals surface area contributed by atoms with Crippen molar-refractivity contribution in [3.05, 3.63) is 36.7 Å². The van der Waals surface area contributed by atoms with Crippen LogP contribution in [0.4, 0.5) is 11.4 Å². The van der Waals surface area contributed by atoms with Crippen LogP contribution in [0.5, 0.6) is 11.5 Å². The summed E-state index contributed by atoms with van der Waals surface area (Å²) in [5, 5.41) is 0. The molecular formula is C24H30N4O4S. The number of pyridine rings is 1. The third-order valence-electron chi connectivity index (χ3n) is 6.11. The van der Waals surface area contributed by atoms with Gasteiger partial charge in [-0.15, -0.1) is 0 Å².